The third-order valence-corrected chi connectivity index (χ3v) is 4.58. The van der Waals surface area contributed by atoms with Crippen LogP contribution in [0.2, 0.25) is 0 Å². The van der Waals surface area contributed by atoms with Crippen LogP contribution in [0.4, 0.5) is 0 Å². The largest absolute Gasteiger partial charge is 0.497 e. The molecule has 0 aliphatic heterocycles. The van der Waals surface area contributed by atoms with Gasteiger partial charge in [-0.2, -0.15) is 11.8 Å². The predicted molar refractivity (Wildman–Crippen MR) is 99.0 cm³/mol. The number of nitrogens with zero attached hydrogens (tertiary/aromatic N) is 2. The summed E-state index contributed by atoms with van der Waals surface area (Å²) in [6.07, 6.45) is 2.75. The van der Waals surface area contributed by atoms with Crippen LogP contribution in [-0.4, -0.2) is 40.2 Å². The fraction of sp³-hybridized carbons (Fsp3) is 0.333. The lowest BCUT2D eigenvalue weighted by molar-refractivity contribution is 0.317. The second-order valence-corrected chi connectivity index (χ2v) is 6.61. The lowest BCUT2D eigenvalue weighted by Gasteiger charge is -2.11. The Labute approximate surface area is 145 Å². The topological polar surface area (TPSA) is 60.0 Å². The molecular weight excluding hydrogens is 322 g/mol. The molecule has 3 aromatic rings. The fourth-order valence-corrected chi connectivity index (χ4v) is 3.02. The molecule has 0 unspecified atom stereocenters. The SMILES string of the molecule is CCSCCCOc1cc(OC)ccc1-c1nc2ncccc2[nH]1. The molecule has 0 amide bonds. The Balaban J connectivity index is 1.85. The smallest absolute Gasteiger partial charge is 0.178 e. The summed E-state index contributed by atoms with van der Waals surface area (Å²) in [5, 5.41) is 0. The first-order chi connectivity index (χ1) is 11.8. The molecule has 2 aromatic heterocycles. The maximum absolute atomic E-state index is 6.00. The number of imidazole rings is 1. The van der Waals surface area contributed by atoms with Gasteiger partial charge in [-0.25, -0.2) is 9.97 Å². The highest BCUT2D eigenvalue weighted by molar-refractivity contribution is 7.99. The number of benzene rings is 1. The van der Waals surface area contributed by atoms with Gasteiger partial charge in [0.1, 0.15) is 17.3 Å². The van der Waals surface area contributed by atoms with Crippen molar-refractivity contribution in [3.05, 3.63) is 36.5 Å². The van der Waals surface area contributed by atoms with Crippen molar-refractivity contribution < 1.29 is 9.47 Å². The number of pyridine rings is 1. The van der Waals surface area contributed by atoms with Crippen LogP contribution in [0.1, 0.15) is 13.3 Å². The first kappa shape index (κ1) is 16.6. The summed E-state index contributed by atoms with van der Waals surface area (Å²) in [5.74, 6) is 4.53. The van der Waals surface area contributed by atoms with E-state index < -0.39 is 0 Å². The summed E-state index contributed by atoms with van der Waals surface area (Å²) >= 11 is 1.92. The van der Waals surface area contributed by atoms with E-state index in [2.05, 4.69) is 21.9 Å². The maximum Gasteiger partial charge on any atom is 0.178 e. The van der Waals surface area contributed by atoms with Crippen LogP contribution in [-0.2, 0) is 0 Å². The molecule has 0 bridgehead atoms. The van der Waals surface area contributed by atoms with Gasteiger partial charge in [-0.1, -0.05) is 6.92 Å². The normalized spacial score (nSPS) is 10.9. The Morgan fingerprint density at radius 3 is 2.96 bits per heavy atom. The summed E-state index contributed by atoms with van der Waals surface area (Å²) in [5.41, 5.74) is 2.53. The molecule has 3 rings (SSSR count). The predicted octanol–water partition coefficient (Wildman–Crippen LogP) is 4.16. The minimum absolute atomic E-state index is 0.672. The number of hydrogen-bond donors (Lipinski definition) is 1. The lowest BCUT2D eigenvalue weighted by atomic mass is 10.2. The standard InChI is InChI=1S/C18H21N3O2S/c1-3-24-11-5-10-23-16-12-13(22-2)7-8-14(16)17-20-15-6-4-9-19-18(15)21-17/h4,6-9,12H,3,5,10-11H2,1-2H3,(H,19,20,21). The monoisotopic (exact) mass is 343 g/mol. The molecule has 126 valence electrons. The van der Waals surface area contributed by atoms with E-state index in [4.69, 9.17) is 9.47 Å². The van der Waals surface area contributed by atoms with Crippen molar-refractivity contribution in [2.75, 3.05) is 25.2 Å². The number of aromatic amines is 1. The minimum atomic E-state index is 0.672. The zero-order valence-corrected chi connectivity index (χ0v) is 14.7. The quantitative estimate of drug-likeness (QED) is 0.623. The first-order valence-electron chi connectivity index (χ1n) is 8.01. The van der Waals surface area contributed by atoms with Crippen molar-refractivity contribution in [1.29, 1.82) is 0 Å². The van der Waals surface area contributed by atoms with Gasteiger partial charge in [-0.3, -0.25) is 0 Å². The molecule has 5 nitrogen and oxygen atoms in total. The third-order valence-electron chi connectivity index (χ3n) is 3.60. The van der Waals surface area contributed by atoms with Crippen LogP contribution in [0, 0.1) is 0 Å². The van der Waals surface area contributed by atoms with E-state index in [1.165, 1.54) is 0 Å². The number of fused-ring (bicyclic) bond motifs is 1. The highest BCUT2D eigenvalue weighted by Crippen LogP contribution is 2.32. The molecule has 24 heavy (non-hydrogen) atoms. The van der Waals surface area contributed by atoms with E-state index >= 15 is 0 Å². The molecule has 0 aliphatic carbocycles. The first-order valence-corrected chi connectivity index (χ1v) is 9.17. The van der Waals surface area contributed by atoms with E-state index in [0.717, 1.165) is 46.3 Å². The Kier molecular flexibility index (Phi) is 5.59. The number of rotatable bonds is 8. The number of H-pyrrole nitrogens is 1. The zero-order valence-electron chi connectivity index (χ0n) is 13.9. The maximum atomic E-state index is 6.00. The van der Waals surface area contributed by atoms with Crippen LogP contribution in [0.25, 0.3) is 22.6 Å². The van der Waals surface area contributed by atoms with Gasteiger partial charge in [0.2, 0.25) is 0 Å². The Morgan fingerprint density at radius 1 is 1.25 bits per heavy atom. The van der Waals surface area contributed by atoms with Crippen LogP contribution >= 0.6 is 11.8 Å². The van der Waals surface area contributed by atoms with Crippen molar-refractivity contribution in [3.63, 3.8) is 0 Å². The van der Waals surface area contributed by atoms with E-state index in [1.54, 1.807) is 13.3 Å². The highest BCUT2D eigenvalue weighted by Gasteiger charge is 2.13. The molecular formula is C18H21N3O2S. The molecule has 0 fully saturated rings. The van der Waals surface area contributed by atoms with E-state index in [0.29, 0.717) is 12.3 Å². The number of nitrogens with one attached hydrogen (secondary N) is 1. The van der Waals surface area contributed by atoms with Crippen LogP contribution in [0.15, 0.2) is 36.5 Å². The van der Waals surface area contributed by atoms with Crippen molar-refractivity contribution >= 4 is 22.9 Å². The molecule has 0 spiro atoms. The average Bonchev–Trinajstić information content (AvgIpc) is 3.05. The minimum Gasteiger partial charge on any atom is -0.497 e. The molecule has 1 N–H and O–H groups in total. The van der Waals surface area contributed by atoms with Gasteiger partial charge < -0.3 is 14.5 Å². The zero-order chi connectivity index (χ0) is 16.8. The van der Waals surface area contributed by atoms with Crippen molar-refractivity contribution in [2.45, 2.75) is 13.3 Å². The molecule has 0 saturated carbocycles. The molecule has 6 heteroatoms. The summed E-state index contributed by atoms with van der Waals surface area (Å²) < 4.78 is 11.3. The molecule has 0 saturated heterocycles. The van der Waals surface area contributed by atoms with Gasteiger partial charge in [-0.05, 0) is 42.2 Å². The summed E-state index contributed by atoms with van der Waals surface area (Å²) in [4.78, 5) is 12.1. The Bertz CT molecular complexity index is 771. The van der Waals surface area contributed by atoms with E-state index in [1.807, 2.05) is 42.1 Å². The highest BCUT2D eigenvalue weighted by atomic mass is 32.2. The van der Waals surface area contributed by atoms with Gasteiger partial charge in [-0.15, -0.1) is 0 Å². The van der Waals surface area contributed by atoms with E-state index in [-0.39, 0.29) is 0 Å². The Hall–Kier alpha value is -2.21. The van der Waals surface area contributed by atoms with Crippen molar-refractivity contribution in [2.24, 2.45) is 0 Å². The molecule has 0 aliphatic rings. The molecule has 0 radical (unpaired) electrons. The Morgan fingerprint density at radius 2 is 2.17 bits per heavy atom. The summed E-state index contributed by atoms with van der Waals surface area (Å²) in [6, 6.07) is 9.64. The molecule has 2 heterocycles. The van der Waals surface area contributed by atoms with Gasteiger partial charge >= 0.3 is 0 Å². The van der Waals surface area contributed by atoms with Gasteiger partial charge in [0.05, 0.1) is 24.8 Å². The van der Waals surface area contributed by atoms with Crippen LogP contribution in [0.3, 0.4) is 0 Å². The lowest BCUT2D eigenvalue weighted by Crippen LogP contribution is -2.01. The van der Waals surface area contributed by atoms with Gasteiger partial charge in [0.25, 0.3) is 0 Å². The fourth-order valence-electron chi connectivity index (χ4n) is 2.40. The van der Waals surface area contributed by atoms with Crippen LogP contribution in [0.5, 0.6) is 11.5 Å². The van der Waals surface area contributed by atoms with E-state index in [9.17, 15) is 0 Å². The van der Waals surface area contributed by atoms with Gasteiger partial charge in [0.15, 0.2) is 5.65 Å². The molecule has 1 aromatic carbocycles. The van der Waals surface area contributed by atoms with Crippen molar-refractivity contribution in [3.8, 4) is 22.9 Å². The third kappa shape index (κ3) is 3.82. The number of ether oxygens (including phenoxy) is 2. The summed E-state index contributed by atoms with van der Waals surface area (Å²) in [7, 11) is 1.65. The number of hydrogen-bond acceptors (Lipinski definition) is 5. The second kappa shape index (κ2) is 8.06. The average molecular weight is 343 g/mol. The van der Waals surface area contributed by atoms with Crippen LogP contribution < -0.4 is 9.47 Å². The second-order valence-electron chi connectivity index (χ2n) is 5.22. The number of thioether (sulfide) groups is 1. The number of methoxy groups -OCH3 is 1. The van der Waals surface area contributed by atoms with Crippen molar-refractivity contribution in [1.82, 2.24) is 15.0 Å². The molecule has 0 atom stereocenters. The van der Waals surface area contributed by atoms with Gasteiger partial charge in [0, 0.05) is 12.3 Å². The summed E-state index contributed by atoms with van der Waals surface area (Å²) in [6.45, 7) is 2.84. The number of aromatic nitrogens is 3.